The fourth-order valence-corrected chi connectivity index (χ4v) is 3.36. The Hall–Kier alpha value is -1.83. The van der Waals surface area contributed by atoms with Crippen molar-refractivity contribution in [3.05, 3.63) is 29.8 Å². The Morgan fingerprint density at radius 3 is 2.64 bits per heavy atom. The summed E-state index contributed by atoms with van der Waals surface area (Å²) in [7, 11) is 0. The largest absolute Gasteiger partial charge is 0.483 e. The van der Waals surface area contributed by atoms with Gasteiger partial charge in [0.1, 0.15) is 5.75 Å². The van der Waals surface area contributed by atoms with Crippen LogP contribution in [-0.4, -0.2) is 73.5 Å². The van der Waals surface area contributed by atoms with Crippen LogP contribution in [0, 0.1) is 0 Å². The second kappa shape index (κ2) is 9.03. The van der Waals surface area contributed by atoms with E-state index in [4.69, 9.17) is 10.5 Å². The molecule has 0 spiro atoms. The van der Waals surface area contributed by atoms with Gasteiger partial charge in [0, 0.05) is 45.3 Å². The van der Waals surface area contributed by atoms with Crippen LogP contribution >= 0.6 is 12.4 Å². The van der Waals surface area contributed by atoms with Gasteiger partial charge < -0.3 is 20.7 Å². The summed E-state index contributed by atoms with van der Waals surface area (Å²) < 4.78 is 5.38. The van der Waals surface area contributed by atoms with Gasteiger partial charge in [0.25, 0.3) is 11.8 Å². The Morgan fingerprint density at radius 2 is 1.92 bits per heavy atom. The molecule has 0 radical (unpaired) electrons. The van der Waals surface area contributed by atoms with Crippen molar-refractivity contribution in [2.24, 2.45) is 5.73 Å². The second-order valence-electron chi connectivity index (χ2n) is 6.23. The van der Waals surface area contributed by atoms with Gasteiger partial charge in [-0.1, -0.05) is 12.1 Å². The molecule has 1 aromatic carbocycles. The molecule has 3 rings (SSSR count). The summed E-state index contributed by atoms with van der Waals surface area (Å²) in [5.41, 5.74) is 5.61. The molecule has 0 aliphatic carbocycles. The van der Waals surface area contributed by atoms with Gasteiger partial charge in [0.15, 0.2) is 6.61 Å². The average molecular weight is 369 g/mol. The number of rotatable bonds is 5. The van der Waals surface area contributed by atoms with Crippen LogP contribution in [0.25, 0.3) is 0 Å². The first-order chi connectivity index (χ1) is 11.6. The van der Waals surface area contributed by atoms with Gasteiger partial charge in [-0.15, -0.1) is 12.4 Å². The number of ether oxygens (including phenoxy) is 1. The maximum Gasteiger partial charge on any atom is 0.257 e. The summed E-state index contributed by atoms with van der Waals surface area (Å²) in [6.45, 7) is 5.34. The Morgan fingerprint density at radius 1 is 1.20 bits per heavy atom. The highest BCUT2D eigenvalue weighted by molar-refractivity contribution is 5.97. The number of hydrogen-bond donors (Lipinski definition) is 2. The second-order valence-corrected chi connectivity index (χ2v) is 6.23. The first-order valence-electron chi connectivity index (χ1n) is 8.39. The number of likely N-dealkylation sites (tertiary alicyclic amines) is 1. The molecule has 2 fully saturated rings. The van der Waals surface area contributed by atoms with E-state index in [-0.39, 0.29) is 24.9 Å². The third-order valence-corrected chi connectivity index (χ3v) is 4.61. The van der Waals surface area contributed by atoms with Gasteiger partial charge in [0.2, 0.25) is 0 Å². The number of amides is 2. The SMILES string of the molecule is Cl.NC(=O)COc1ccccc1C(=O)N1CCC(N2CCNCC2)C1. The maximum atomic E-state index is 12.8. The van der Waals surface area contributed by atoms with E-state index in [2.05, 4.69) is 10.2 Å². The average Bonchev–Trinajstić information content (AvgIpc) is 3.10. The van der Waals surface area contributed by atoms with E-state index in [1.807, 2.05) is 4.90 Å². The lowest BCUT2D eigenvalue weighted by Gasteiger charge is -2.32. The van der Waals surface area contributed by atoms with Crippen LogP contribution in [0.3, 0.4) is 0 Å². The lowest BCUT2D eigenvalue weighted by atomic mass is 10.1. The van der Waals surface area contributed by atoms with Gasteiger partial charge >= 0.3 is 0 Å². The monoisotopic (exact) mass is 368 g/mol. The Bertz CT molecular complexity index is 607. The summed E-state index contributed by atoms with van der Waals surface area (Å²) in [6, 6.07) is 7.43. The lowest BCUT2D eigenvalue weighted by molar-refractivity contribution is -0.119. The number of nitrogens with one attached hydrogen (secondary N) is 1. The molecule has 3 N–H and O–H groups in total. The van der Waals surface area contributed by atoms with Crippen molar-refractivity contribution in [3.8, 4) is 5.75 Å². The molecule has 2 amide bonds. The Labute approximate surface area is 153 Å². The molecule has 1 aromatic rings. The summed E-state index contributed by atoms with van der Waals surface area (Å²) in [6.07, 6.45) is 0.996. The maximum absolute atomic E-state index is 12.8. The first kappa shape index (κ1) is 19.5. The van der Waals surface area contributed by atoms with Crippen molar-refractivity contribution in [2.75, 3.05) is 45.9 Å². The smallest absolute Gasteiger partial charge is 0.257 e. The quantitative estimate of drug-likeness (QED) is 0.769. The lowest BCUT2D eigenvalue weighted by Crippen LogP contribution is -2.49. The van der Waals surface area contributed by atoms with Gasteiger partial charge in [-0.05, 0) is 18.6 Å². The van der Waals surface area contributed by atoms with Crippen LogP contribution in [0.1, 0.15) is 16.8 Å². The Kier molecular flexibility index (Phi) is 7.04. The van der Waals surface area contributed by atoms with Crippen LogP contribution < -0.4 is 15.8 Å². The van der Waals surface area contributed by atoms with Crippen LogP contribution in [0.15, 0.2) is 24.3 Å². The molecule has 2 heterocycles. The number of carbonyl (C=O) groups excluding carboxylic acids is 2. The fourth-order valence-electron chi connectivity index (χ4n) is 3.36. The highest BCUT2D eigenvalue weighted by Crippen LogP contribution is 2.24. The number of piperazine rings is 1. The number of hydrogen-bond acceptors (Lipinski definition) is 5. The van der Waals surface area contributed by atoms with Crippen molar-refractivity contribution < 1.29 is 14.3 Å². The number of nitrogens with zero attached hydrogens (tertiary/aromatic N) is 2. The molecule has 25 heavy (non-hydrogen) atoms. The predicted octanol–water partition coefficient (Wildman–Crippen LogP) is 0.0922. The highest BCUT2D eigenvalue weighted by atomic mass is 35.5. The minimum absolute atomic E-state index is 0. The molecule has 8 heteroatoms. The minimum Gasteiger partial charge on any atom is -0.483 e. The third kappa shape index (κ3) is 4.84. The van der Waals surface area contributed by atoms with E-state index in [1.165, 1.54) is 0 Å². The predicted molar refractivity (Wildman–Crippen MR) is 97.1 cm³/mol. The van der Waals surface area contributed by atoms with Gasteiger partial charge in [-0.3, -0.25) is 14.5 Å². The normalized spacial score (nSPS) is 20.8. The first-order valence-corrected chi connectivity index (χ1v) is 8.39. The molecular weight excluding hydrogens is 344 g/mol. The van der Waals surface area contributed by atoms with Crippen molar-refractivity contribution in [2.45, 2.75) is 12.5 Å². The van der Waals surface area contributed by atoms with Crippen LogP contribution in [0.4, 0.5) is 0 Å². The number of nitrogens with two attached hydrogens (primary N) is 1. The van der Waals surface area contributed by atoms with E-state index < -0.39 is 5.91 Å². The molecular formula is C17H25ClN4O3. The zero-order valence-electron chi connectivity index (χ0n) is 14.1. The van der Waals surface area contributed by atoms with Gasteiger partial charge in [-0.25, -0.2) is 0 Å². The molecule has 2 aliphatic rings. The van der Waals surface area contributed by atoms with Gasteiger partial charge in [-0.2, -0.15) is 0 Å². The molecule has 0 bridgehead atoms. The summed E-state index contributed by atoms with van der Waals surface area (Å²) in [4.78, 5) is 28.1. The number of halogens is 1. The van der Waals surface area contributed by atoms with E-state index in [9.17, 15) is 9.59 Å². The molecule has 2 saturated heterocycles. The summed E-state index contributed by atoms with van der Waals surface area (Å²) >= 11 is 0. The van der Waals surface area contributed by atoms with Crippen LogP contribution in [-0.2, 0) is 4.79 Å². The van der Waals surface area contributed by atoms with E-state index >= 15 is 0 Å². The van der Waals surface area contributed by atoms with E-state index in [1.54, 1.807) is 24.3 Å². The number of primary amides is 1. The van der Waals surface area contributed by atoms with Crippen LogP contribution in [0.2, 0.25) is 0 Å². The van der Waals surface area contributed by atoms with E-state index in [0.29, 0.717) is 17.4 Å². The molecule has 1 atom stereocenters. The number of carbonyl (C=O) groups is 2. The van der Waals surface area contributed by atoms with Crippen molar-refractivity contribution in [1.29, 1.82) is 0 Å². The Balaban J connectivity index is 0.00000225. The minimum atomic E-state index is -0.558. The third-order valence-electron chi connectivity index (χ3n) is 4.61. The zero-order valence-corrected chi connectivity index (χ0v) is 15.0. The van der Waals surface area contributed by atoms with E-state index in [0.717, 1.165) is 45.7 Å². The topological polar surface area (TPSA) is 87.9 Å². The number of para-hydroxylation sites is 1. The summed E-state index contributed by atoms with van der Waals surface area (Å²) in [5.74, 6) is -0.197. The molecule has 2 aliphatic heterocycles. The fraction of sp³-hybridized carbons (Fsp3) is 0.529. The molecule has 7 nitrogen and oxygen atoms in total. The van der Waals surface area contributed by atoms with Crippen molar-refractivity contribution >= 4 is 24.2 Å². The zero-order chi connectivity index (χ0) is 16.9. The molecule has 138 valence electrons. The molecule has 0 saturated carbocycles. The van der Waals surface area contributed by atoms with Crippen LogP contribution in [0.5, 0.6) is 5.75 Å². The van der Waals surface area contributed by atoms with Gasteiger partial charge in [0.05, 0.1) is 5.56 Å². The molecule has 1 unspecified atom stereocenters. The molecule has 0 aromatic heterocycles. The standard InChI is InChI=1S/C17H24N4O3.ClH/c18-16(22)12-24-15-4-2-1-3-14(15)17(23)21-8-5-13(11-21)20-9-6-19-7-10-20;/h1-4,13,19H,5-12H2,(H2,18,22);1H. The summed E-state index contributed by atoms with van der Waals surface area (Å²) in [5, 5.41) is 3.35. The van der Waals surface area contributed by atoms with Crippen molar-refractivity contribution in [1.82, 2.24) is 15.1 Å². The number of benzene rings is 1. The highest BCUT2D eigenvalue weighted by Gasteiger charge is 2.32. The van der Waals surface area contributed by atoms with Crippen molar-refractivity contribution in [3.63, 3.8) is 0 Å².